The molecule has 2 aromatic carbocycles. The highest BCUT2D eigenvalue weighted by Gasteiger charge is 2.26. The van der Waals surface area contributed by atoms with E-state index in [0.29, 0.717) is 36.9 Å². The molecule has 0 aromatic heterocycles. The van der Waals surface area contributed by atoms with E-state index in [9.17, 15) is 9.59 Å². The maximum Gasteiger partial charge on any atom is 0.313 e. The zero-order valence-corrected chi connectivity index (χ0v) is 15.2. The Labute approximate surface area is 157 Å². The first-order valence-corrected chi connectivity index (χ1v) is 8.69. The smallest absolute Gasteiger partial charge is 0.313 e. The van der Waals surface area contributed by atoms with E-state index in [-0.39, 0.29) is 0 Å². The van der Waals surface area contributed by atoms with Crippen molar-refractivity contribution in [3.8, 4) is 5.75 Å². The van der Waals surface area contributed by atoms with Crippen molar-refractivity contribution in [2.24, 2.45) is 0 Å². The molecular formula is C19H20ClN3O3. The third-order valence-corrected chi connectivity index (χ3v) is 4.55. The number of benzene rings is 2. The lowest BCUT2D eigenvalue weighted by molar-refractivity contribution is -0.143. The van der Waals surface area contributed by atoms with Crippen molar-refractivity contribution in [2.45, 2.75) is 0 Å². The molecule has 1 aliphatic heterocycles. The molecule has 2 amide bonds. The fraction of sp³-hybridized carbons (Fsp3) is 0.263. The van der Waals surface area contributed by atoms with Crippen LogP contribution in [-0.4, -0.2) is 50.0 Å². The van der Waals surface area contributed by atoms with Gasteiger partial charge in [0.2, 0.25) is 0 Å². The Morgan fingerprint density at radius 3 is 2.15 bits per heavy atom. The third-order valence-electron chi connectivity index (χ3n) is 4.30. The number of nitrogens with one attached hydrogen (secondary N) is 1. The zero-order valence-electron chi connectivity index (χ0n) is 14.4. The lowest BCUT2D eigenvalue weighted by Gasteiger charge is -2.35. The molecule has 2 aromatic rings. The van der Waals surface area contributed by atoms with Gasteiger partial charge in [0.1, 0.15) is 5.75 Å². The molecule has 0 spiro atoms. The van der Waals surface area contributed by atoms with Crippen LogP contribution in [0.25, 0.3) is 0 Å². The minimum atomic E-state index is -0.634. The molecule has 0 unspecified atom stereocenters. The first-order chi connectivity index (χ1) is 12.6. The van der Waals surface area contributed by atoms with E-state index in [1.807, 2.05) is 24.3 Å². The zero-order chi connectivity index (χ0) is 18.5. The number of carbonyl (C=O) groups is 2. The summed E-state index contributed by atoms with van der Waals surface area (Å²) < 4.78 is 5.16. The van der Waals surface area contributed by atoms with E-state index in [1.165, 1.54) is 0 Å². The second-order valence-electron chi connectivity index (χ2n) is 5.94. The number of hydrogen-bond donors (Lipinski definition) is 1. The standard InChI is InChI=1S/C19H20ClN3O3/c1-26-17-8-6-16(7-9-17)22-10-12-23(13-11-22)19(25)18(24)21-15-4-2-14(20)3-5-15/h2-9H,10-13H2,1H3,(H,21,24). The quantitative estimate of drug-likeness (QED) is 0.840. The van der Waals surface area contributed by atoms with Crippen molar-refractivity contribution in [2.75, 3.05) is 43.5 Å². The highest BCUT2D eigenvalue weighted by molar-refractivity contribution is 6.39. The number of methoxy groups -OCH3 is 1. The van der Waals surface area contributed by atoms with E-state index in [2.05, 4.69) is 10.2 Å². The molecule has 1 aliphatic rings. The maximum atomic E-state index is 12.3. The van der Waals surface area contributed by atoms with Gasteiger partial charge in [0.25, 0.3) is 0 Å². The van der Waals surface area contributed by atoms with Gasteiger partial charge in [-0.1, -0.05) is 11.6 Å². The van der Waals surface area contributed by atoms with Crippen molar-refractivity contribution in [1.29, 1.82) is 0 Å². The van der Waals surface area contributed by atoms with Gasteiger partial charge in [0, 0.05) is 42.6 Å². The molecular weight excluding hydrogens is 354 g/mol. The van der Waals surface area contributed by atoms with E-state index in [1.54, 1.807) is 36.3 Å². The average molecular weight is 374 g/mol. The van der Waals surface area contributed by atoms with Crippen LogP contribution in [0, 0.1) is 0 Å². The number of ether oxygens (including phenoxy) is 1. The fourth-order valence-electron chi connectivity index (χ4n) is 2.82. The fourth-order valence-corrected chi connectivity index (χ4v) is 2.95. The molecule has 1 fully saturated rings. The Balaban J connectivity index is 1.54. The summed E-state index contributed by atoms with van der Waals surface area (Å²) in [5.74, 6) is -0.346. The molecule has 0 aliphatic carbocycles. The molecule has 6 nitrogen and oxygen atoms in total. The highest BCUT2D eigenvalue weighted by Crippen LogP contribution is 2.20. The third kappa shape index (κ3) is 4.26. The molecule has 0 radical (unpaired) electrons. The van der Waals surface area contributed by atoms with Crippen LogP contribution >= 0.6 is 11.6 Å². The van der Waals surface area contributed by atoms with Crippen molar-refractivity contribution in [3.05, 3.63) is 53.6 Å². The summed E-state index contributed by atoms with van der Waals surface area (Å²) in [6.45, 7) is 2.34. The van der Waals surface area contributed by atoms with Crippen LogP contribution in [0.1, 0.15) is 0 Å². The van der Waals surface area contributed by atoms with Crippen LogP contribution in [0.4, 0.5) is 11.4 Å². The first-order valence-electron chi connectivity index (χ1n) is 8.31. The number of anilines is 2. The van der Waals surface area contributed by atoms with Crippen molar-refractivity contribution < 1.29 is 14.3 Å². The molecule has 7 heteroatoms. The predicted octanol–water partition coefficient (Wildman–Crippen LogP) is 2.64. The first kappa shape index (κ1) is 18.1. The van der Waals surface area contributed by atoms with Gasteiger partial charge >= 0.3 is 11.8 Å². The maximum absolute atomic E-state index is 12.3. The molecule has 0 saturated carbocycles. The van der Waals surface area contributed by atoms with Crippen LogP contribution in [0.15, 0.2) is 48.5 Å². The van der Waals surface area contributed by atoms with Gasteiger partial charge in [0.05, 0.1) is 7.11 Å². The summed E-state index contributed by atoms with van der Waals surface area (Å²) in [5.41, 5.74) is 1.62. The Kier molecular flexibility index (Phi) is 5.63. The van der Waals surface area contributed by atoms with Crippen LogP contribution < -0.4 is 15.0 Å². The minimum Gasteiger partial charge on any atom is -0.497 e. The van der Waals surface area contributed by atoms with Crippen molar-refractivity contribution in [3.63, 3.8) is 0 Å². The molecule has 26 heavy (non-hydrogen) atoms. The lowest BCUT2D eigenvalue weighted by Crippen LogP contribution is -2.51. The Bertz CT molecular complexity index is 770. The van der Waals surface area contributed by atoms with Crippen LogP contribution in [-0.2, 0) is 9.59 Å². The normalized spacial score (nSPS) is 14.1. The summed E-state index contributed by atoms with van der Waals surface area (Å²) in [7, 11) is 1.63. The van der Waals surface area contributed by atoms with Gasteiger partial charge in [-0.2, -0.15) is 0 Å². The molecule has 136 valence electrons. The lowest BCUT2D eigenvalue weighted by atomic mass is 10.2. The number of piperazine rings is 1. The van der Waals surface area contributed by atoms with Crippen LogP contribution in [0.2, 0.25) is 5.02 Å². The summed E-state index contributed by atoms with van der Waals surface area (Å²) >= 11 is 5.81. The molecule has 3 rings (SSSR count). The average Bonchev–Trinajstić information content (AvgIpc) is 2.69. The van der Waals surface area contributed by atoms with Crippen LogP contribution in [0.3, 0.4) is 0 Å². The molecule has 0 bridgehead atoms. The summed E-state index contributed by atoms with van der Waals surface area (Å²) in [6.07, 6.45) is 0. The van der Waals surface area contributed by atoms with Gasteiger partial charge < -0.3 is 19.9 Å². The predicted molar refractivity (Wildman–Crippen MR) is 102 cm³/mol. The van der Waals surface area contributed by atoms with Gasteiger partial charge in [-0.25, -0.2) is 0 Å². The van der Waals surface area contributed by atoms with E-state index in [0.717, 1.165) is 11.4 Å². The summed E-state index contributed by atoms with van der Waals surface area (Å²) in [6, 6.07) is 14.4. The monoisotopic (exact) mass is 373 g/mol. The number of carbonyl (C=O) groups excluding carboxylic acids is 2. The molecule has 1 N–H and O–H groups in total. The second-order valence-corrected chi connectivity index (χ2v) is 6.37. The summed E-state index contributed by atoms with van der Waals surface area (Å²) in [5, 5.41) is 3.18. The number of nitrogens with zero attached hydrogens (tertiary/aromatic N) is 2. The minimum absolute atomic E-state index is 0.499. The SMILES string of the molecule is COc1ccc(N2CCN(C(=O)C(=O)Nc3ccc(Cl)cc3)CC2)cc1. The van der Waals surface area contributed by atoms with Gasteiger partial charge in [-0.3, -0.25) is 9.59 Å². The van der Waals surface area contributed by atoms with E-state index < -0.39 is 11.8 Å². The van der Waals surface area contributed by atoms with Gasteiger partial charge in [-0.05, 0) is 48.5 Å². The highest BCUT2D eigenvalue weighted by atomic mass is 35.5. The number of halogens is 1. The second kappa shape index (κ2) is 8.10. The van der Waals surface area contributed by atoms with E-state index >= 15 is 0 Å². The number of rotatable bonds is 3. The van der Waals surface area contributed by atoms with Crippen LogP contribution in [0.5, 0.6) is 5.75 Å². The Morgan fingerprint density at radius 1 is 0.962 bits per heavy atom. The molecule has 1 saturated heterocycles. The summed E-state index contributed by atoms with van der Waals surface area (Å²) in [4.78, 5) is 28.3. The van der Waals surface area contributed by atoms with Crippen molar-refractivity contribution in [1.82, 2.24) is 4.90 Å². The number of amides is 2. The van der Waals surface area contributed by atoms with Gasteiger partial charge in [0.15, 0.2) is 0 Å². The topological polar surface area (TPSA) is 61.9 Å². The Morgan fingerprint density at radius 2 is 1.58 bits per heavy atom. The van der Waals surface area contributed by atoms with Crippen molar-refractivity contribution >= 4 is 34.8 Å². The van der Waals surface area contributed by atoms with E-state index in [4.69, 9.17) is 16.3 Å². The largest absolute Gasteiger partial charge is 0.497 e. The van der Waals surface area contributed by atoms with Gasteiger partial charge in [-0.15, -0.1) is 0 Å². The molecule has 0 atom stereocenters. The Hall–Kier alpha value is -2.73. The molecule has 1 heterocycles. The number of hydrogen-bond acceptors (Lipinski definition) is 4.